The zero-order chi connectivity index (χ0) is 12.1. The first-order valence-corrected chi connectivity index (χ1v) is 6.13. The van der Waals surface area contributed by atoms with Crippen LogP contribution in [-0.2, 0) is 6.42 Å². The molecule has 4 heteroatoms. The summed E-state index contributed by atoms with van der Waals surface area (Å²) in [4.78, 5) is 0. The van der Waals surface area contributed by atoms with E-state index in [1.165, 1.54) is 5.56 Å². The highest BCUT2D eigenvalue weighted by molar-refractivity contribution is 5.59. The molecule has 2 rings (SSSR count). The van der Waals surface area contributed by atoms with Crippen LogP contribution < -0.4 is 15.4 Å². The topological polar surface area (TPSA) is 53.5 Å². The highest BCUT2D eigenvalue weighted by Gasteiger charge is 2.10. The largest absolute Gasteiger partial charge is 0.490 e. The Hall–Kier alpha value is -1.26. The van der Waals surface area contributed by atoms with Gasteiger partial charge in [0.25, 0.3) is 0 Å². The third-order valence-electron chi connectivity index (χ3n) is 2.87. The number of nitrogens with one attached hydrogen (secondary N) is 2. The van der Waals surface area contributed by atoms with E-state index in [0.29, 0.717) is 12.6 Å². The molecule has 0 aliphatic carbocycles. The van der Waals surface area contributed by atoms with Crippen LogP contribution in [0.15, 0.2) is 18.2 Å². The van der Waals surface area contributed by atoms with Crippen LogP contribution in [0.25, 0.3) is 0 Å². The first kappa shape index (κ1) is 12.2. The average Bonchev–Trinajstić information content (AvgIpc) is 2.36. The number of ether oxygens (including phenoxy) is 1. The standard InChI is InChI=1S/C13H20N2O2/c1-10(14-4-6-16)8-11-2-3-13-12(9-11)15-5-7-17-13/h2-3,9-10,14-16H,4-8H2,1H3. The van der Waals surface area contributed by atoms with Crippen LogP contribution in [0.4, 0.5) is 5.69 Å². The smallest absolute Gasteiger partial charge is 0.142 e. The quantitative estimate of drug-likeness (QED) is 0.714. The first-order valence-electron chi connectivity index (χ1n) is 6.13. The van der Waals surface area contributed by atoms with Gasteiger partial charge in [-0.2, -0.15) is 0 Å². The molecule has 0 aromatic heterocycles. The van der Waals surface area contributed by atoms with E-state index in [4.69, 9.17) is 9.84 Å². The first-order chi connectivity index (χ1) is 8.29. The fourth-order valence-electron chi connectivity index (χ4n) is 2.05. The zero-order valence-electron chi connectivity index (χ0n) is 10.2. The Kier molecular flexibility index (Phi) is 4.23. The summed E-state index contributed by atoms with van der Waals surface area (Å²) in [6.45, 7) is 4.56. The van der Waals surface area contributed by atoms with Crippen LogP contribution in [0, 0.1) is 0 Å². The minimum Gasteiger partial charge on any atom is -0.490 e. The number of benzene rings is 1. The Morgan fingerprint density at radius 3 is 3.24 bits per heavy atom. The highest BCUT2D eigenvalue weighted by Crippen LogP contribution is 2.28. The van der Waals surface area contributed by atoms with Crippen LogP contribution >= 0.6 is 0 Å². The van der Waals surface area contributed by atoms with E-state index in [9.17, 15) is 0 Å². The van der Waals surface area contributed by atoms with E-state index in [2.05, 4.69) is 29.7 Å². The number of hydrogen-bond acceptors (Lipinski definition) is 4. The van der Waals surface area contributed by atoms with Gasteiger partial charge >= 0.3 is 0 Å². The van der Waals surface area contributed by atoms with Gasteiger partial charge in [-0.3, -0.25) is 0 Å². The SMILES string of the molecule is CC(Cc1ccc2c(c1)NCCO2)NCCO. The number of aliphatic hydroxyl groups excluding tert-OH is 1. The van der Waals surface area contributed by atoms with Crippen molar-refractivity contribution in [1.82, 2.24) is 5.32 Å². The molecule has 3 N–H and O–H groups in total. The minimum absolute atomic E-state index is 0.184. The molecular weight excluding hydrogens is 216 g/mol. The van der Waals surface area contributed by atoms with Gasteiger partial charge in [-0.15, -0.1) is 0 Å². The lowest BCUT2D eigenvalue weighted by Gasteiger charge is -2.20. The molecule has 1 aliphatic heterocycles. The van der Waals surface area contributed by atoms with Crippen LogP contribution in [0.2, 0.25) is 0 Å². The molecule has 0 bridgehead atoms. The van der Waals surface area contributed by atoms with Crippen LogP contribution in [0.1, 0.15) is 12.5 Å². The molecule has 0 amide bonds. The summed E-state index contributed by atoms with van der Waals surface area (Å²) in [5.41, 5.74) is 2.36. The molecule has 0 radical (unpaired) electrons. The summed E-state index contributed by atoms with van der Waals surface area (Å²) in [6, 6.07) is 6.63. The lowest BCUT2D eigenvalue weighted by atomic mass is 10.1. The molecule has 0 spiro atoms. The molecule has 1 aliphatic rings. The van der Waals surface area contributed by atoms with Gasteiger partial charge in [-0.1, -0.05) is 6.07 Å². The number of rotatable bonds is 5. The average molecular weight is 236 g/mol. The van der Waals surface area contributed by atoms with E-state index in [1.54, 1.807) is 0 Å². The molecule has 1 heterocycles. The lowest BCUT2D eigenvalue weighted by Crippen LogP contribution is -2.30. The van der Waals surface area contributed by atoms with Crippen molar-refractivity contribution in [1.29, 1.82) is 0 Å². The molecule has 0 saturated carbocycles. The van der Waals surface area contributed by atoms with E-state index in [-0.39, 0.29) is 6.61 Å². The molecule has 1 atom stereocenters. The van der Waals surface area contributed by atoms with Gasteiger partial charge < -0.3 is 20.5 Å². The van der Waals surface area contributed by atoms with Gasteiger partial charge in [-0.25, -0.2) is 0 Å². The molecule has 1 aromatic rings. The van der Waals surface area contributed by atoms with Gasteiger partial charge in [0.05, 0.1) is 12.3 Å². The second kappa shape index (κ2) is 5.89. The van der Waals surface area contributed by atoms with Gasteiger partial charge in [0.15, 0.2) is 0 Å². The number of fused-ring (bicyclic) bond motifs is 1. The number of aliphatic hydroxyl groups is 1. The summed E-state index contributed by atoms with van der Waals surface area (Å²) in [6.07, 6.45) is 0.953. The van der Waals surface area contributed by atoms with Gasteiger partial charge in [0.1, 0.15) is 12.4 Å². The van der Waals surface area contributed by atoms with Crippen molar-refractivity contribution >= 4 is 5.69 Å². The van der Waals surface area contributed by atoms with Gasteiger partial charge in [0.2, 0.25) is 0 Å². The van der Waals surface area contributed by atoms with Crippen molar-refractivity contribution in [3.63, 3.8) is 0 Å². The summed E-state index contributed by atoms with van der Waals surface area (Å²) in [7, 11) is 0. The minimum atomic E-state index is 0.184. The van der Waals surface area contributed by atoms with Gasteiger partial charge in [0, 0.05) is 19.1 Å². The van der Waals surface area contributed by atoms with Crippen molar-refractivity contribution in [3.05, 3.63) is 23.8 Å². The lowest BCUT2D eigenvalue weighted by molar-refractivity contribution is 0.285. The predicted molar refractivity (Wildman–Crippen MR) is 68.7 cm³/mol. The predicted octanol–water partition coefficient (Wildman–Crippen LogP) is 1.00. The van der Waals surface area contributed by atoms with E-state index in [1.807, 2.05) is 6.07 Å². The molecule has 1 aromatic carbocycles. The van der Waals surface area contributed by atoms with Crippen molar-refractivity contribution in [2.45, 2.75) is 19.4 Å². The Balaban J connectivity index is 1.97. The molecule has 17 heavy (non-hydrogen) atoms. The Morgan fingerprint density at radius 2 is 2.41 bits per heavy atom. The number of anilines is 1. The van der Waals surface area contributed by atoms with Crippen molar-refractivity contribution < 1.29 is 9.84 Å². The molecule has 0 fully saturated rings. The maximum absolute atomic E-state index is 8.75. The third kappa shape index (κ3) is 3.35. The fourth-order valence-corrected chi connectivity index (χ4v) is 2.05. The van der Waals surface area contributed by atoms with Crippen molar-refractivity contribution in [3.8, 4) is 5.75 Å². The molecule has 1 unspecified atom stereocenters. The summed E-state index contributed by atoms with van der Waals surface area (Å²) >= 11 is 0. The second-order valence-electron chi connectivity index (χ2n) is 4.39. The summed E-state index contributed by atoms with van der Waals surface area (Å²) in [5.74, 6) is 0.941. The monoisotopic (exact) mass is 236 g/mol. The van der Waals surface area contributed by atoms with Crippen LogP contribution in [-0.4, -0.2) is 37.5 Å². The molecule has 94 valence electrons. The normalized spacial score (nSPS) is 15.6. The van der Waals surface area contributed by atoms with Crippen LogP contribution in [0.3, 0.4) is 0 Å². The molecular formula is C13H20N2O2. The van der Waals surface area contributed by atoms with E-state index >= 15 is 0 Å². The maximum atomic E-state index is 8.75. The number of hydrogen-bond donors (Lipinski definition) is 3. The fraction of sp³-hybridized carbons (Fsp3) is 0.538. The van der Waals surface area contributed by atoms with Crippen LogP contribution in [0.5, 0.6) is 5.75 Å². The van der Waals surface area contributed by atoms with E-state index < -0.39 is 0 Å². The van der Waals surface area contributed by atoms with Crippen molar-refractivity contribution in [2.75, 3.05) is 31.6 Å². The van der Waals surface area contributed by atoms with Gasteiger partial charge in [-0.05, 0) is 31.0 Å². The Bertz CT molecular complexity index is 368. The summed E-state index contributed by atoms with van der Waals surface area (Å²) < 4.78 is 5.54. The zero-order valence-corrected chi connectivity index (χ0v) is 10.2. The Morgan fingerprint density at radius 1 is 1.53 bits per heavy atom. The van der Waals surface area contributed by atoms with Crippen molar-refractivity contribution in [2.24, 2.45) is 0 Å². The highest BCUT2D eigenvalue weighted by atomic mass is 16.5. The maximum Gasteiger partial charge on any atom is 0.142 e. The molecule has 0 saturated heterocycles. The third-order valence-corrected chi connectivity index (χ3v) is 2.87. The summed E-state index contributed by atoms with van der Waals surface area (Å²) in [5, 5.41) is 15.3. The van der Waals surface area contributed by atoms with E-state index in [0.717, 1.165) is 31.0 Å². The second-order valence-corrected chi connectivity index (χ2v) is 4.39. The molecule has 4 nitrogen and oxygen atoms in total. The Labute approximate surface area is 102 Å².